The molecule has 120 valence electrons. The summed E-state index contributed by atoms with van der Waals surface area (Å²) in [5.74, 6) is -2.04. The molecule has 1 aromatic heterocycles. The Labute approximate surface area is 132 Å². The van der Waals surface area contributed by atoms with Gasteiger partial charge in [-0.2, -0.15) is 0 Å². The van der Waals surface area contributed by atoms with E-state index in [0.29, 0.717) is 6.07 Å². The van der Waals surface area contributed by atoms with Crippen molar-refractivity contribution in [3.63, 3.8) is 0 Å². The Morgan fingerprint density at radius 2 is 2.17 bits per heavy atom. The fourth-order valence-electron chi connectivity index (χ4n) is 1.99. The van der Waals surface area contributed by atoms with E-state index in [1.807, 2.05) is 0 Å². The number of nitrogens with zero attached hydrogens (tertiary/aromatic N) is 1. The summed E-state index contributed by atoms with van der Waals surface area (Å²) in [6.07, 6.45) is 6.06. The van der Waals surface area contributed by atoms with E-state index in [4.69, 9.17) is 0 Å². The second-order valence-corrected chi connectivity index (χ2v) is 5.24. The summed E-state index contributed by atoms with van der Waals surface area (Å²) in [6, 6.07) is 6.41. The van der Waals surface area contributed by atoms with Gasteiger partial charge < -0.3 is 10.4 Å². The number of hydrogen-bond acceptors (Lipinski definition) is 3. The molecule has 1 atom stereocenters. The molecule has 0 aliphatic carbocycles. The Hall–Kier alpha value is -2.60. The highest BCUT2D eigenvalue weighted by atomic mass is 19.1. The molecule has 6 heteroatoms. The minimum atomic E-state index is -1.66. The second kappa shape index (κ2) is 7.11. The molecule has 2 rings (SSSR count). The average molecular weight is 318 g/mol. The summed E-state index contributed by atoms with van der Waals surface area (Å²) >= 11 is 0. The van der Waals surface area contributed by atoms with Crippen LogP contribution in [0.1, 0.15) is 18.1 Å². The summed E-state index contributed by atoms with van der Waals surface area (Å²) < 4.78 is 26.6. The molecule has 23 heavy (non-hydrogen) atoms. The first kappa shape index (κ1) is 16.8. The molecule has 0 radical (unpaired) electrons. The van der Waals surface area contributed by atoms with Crippen molar-refractivity contribution in [3.05, 3.63) is 71.6 Å². The zero-order valence-electron chi connectivity index (χ0n) is 12.5. The molecule has 0 bridgehead atoms. The molecule has 1 amide bonds. The van der Waals surface area contributed by atoms with Crippen molar-refractivity contribution in [1.29, 1.82) is 0 Å². The van der Waals surface area contributed by atoms with Crippen LogP contribution >= 0.6 is 0 Å². The van der Waals surface area contributed by atoms with E-state index < -0.39 is 23.1 Å². The van der Waals surface area contributed by atoms with Crippen molar-refractivity contribution in [2.24, 2.45) is 0 Å². The third-order valence-electron chi connectivity index (χ3n) is 3.23. The van der Waals surface area contributed by atoms with Crippen LogP contribution in [-0.4, -0.2) is 22.5 Å². The predicted molar refractivity (Wildman–Crippen MR) is 82.2 cm³/mol. The van der Waals surface area contributed by atoms with Gasteiger partial charge in [0.1, 0.15) is 17.2 Å². The smallest absolute Gasteiger partial charge is 0.244 e. The van der Waals surface area contributed by atoms with Crippen molar-refractivity contribution in [3.8, 4) is 0 Å². The number of nitrogens with one attached hydrogen (secondary N) is 1. The number of pyridine rings is 1. The summed E-state index contributed by atoms with van der Waals surface area (Å²) in [5, 5.41) is 12.8. The van der Waals surface area contributed by atoms with Gasteiger partial charge in [0.25, 0.3) is 0 Å². The van der Waals surface area contributed by atoms with E-state index in [1.54, 1.807) is 30.6 Å². The molecule has 0 fully saturated rings. The molecular formula is C17H16F2N2O2. The predicted octanol–water partition coefficient (Wildman–Crippen LogP) is 2.40. The number of hydrogen-bond donors (Lipinski definition) is 2. The number of carbonyl (C=O) groups excluding carboxylic acids is 1. The Morgan fingerprint density at radius 1 is 1.39 bits per heavy atom. The van der Waals surface area contributed by atoms with Crippen LogP contribution in [0.3, 0.4) is 0 Å². The summed E-state index contributed by atoms with van der Waals surface area (Å²) in [6.45, 7) is 1.13. The van der Waals surface area contributed by atoms with Gasteiger partial charge in [0.05, 0.1) is 6.54 Å². The Morgan fingerprint density at radius 3 is 2.83 bits per heavy atom. The monoisotopic (exact) mass is 318 g/mol. The van der Waals surface area contributed by atoms with Crippen molar-refractivity contribution in [2.75, 3.05) is 6.54 Å². The maximum Gasteiger partial charge on any atom is 0.244 e. The van der Waals surface area contributed by atoms with Gasteiger partial charge in [0.2, 0.25) is 5.91 Å². The maximum atomic E-state index is 13.7. The lowest BCUT2D eigenvalue weighted by molar-refractivity contribution is -0.117. The van der Waals surface area contributed by atoms with E-state index >= 15 is 0 Å². The molecule has 0 spiro atoms. The van der Waals surface area contributed by atoms with E-state index in [-0.39, 0.29) is 12.1 Å². The van der Waals surface area contributed by atoms with Crippen molar-refractivity contribution >= 4 is 12.0 Å². The van der Waals surface area contributed by atoms with Crippen LogP contribution in [-0.2, 0) is 10.4 Å². The largest absolute Gasteiger partial charge is 0.383 e. The Kier molecular flexibility index (Phi) is 5.18. The van der Waals surface area contributed by atoms with Gasteiger partial charge >= 0.3 is 0 Å². The number of aromatic nitrogens is 1. The highest BCUT2D eigenvalue weighted by molar-refractivity contribution is 5.91. The molecule has 0 unspecified atom stereocenters. The molecule has 0 aliphatic heterocycles. The number of rotatable bonds is 5. The zero-order chi connectivity index (χ0) is 16.9. The molecule has 0 saturated heterocycles. The highest BCUT2D eigenvalue weighted by Crippen LogP contribution is 2.23. The minimum absolute atomic E-state index is 0.0876. The second-order valence-electron chi connectivity index (χ2n) is 5.24. The molecule has 2 N–H and O–H groups in total. The molecule has 1 aromatic carbocycles. The average Bonchev–Trinajstić information content (AvgIpc) is 2.51. The molecule has 1 heterocycles. The van der Waals surface area contributed by atoms with Crippen molar-refractivity contribution in [1.82, 2.24) is 10.3 Å². The van der Waals surface area contributed by atoms with Crippen LogP contribution in [0, 0.1) is 11.6 Å². The van der Waals surface area contributed by atoms with Crippen molar-refractivity contribution in [2.45, 2.75) is 12.5 Å². The number of aliphatic hydroxyl groups is 1. The summed E-state index contributed by atoms with van der Waals surface area (Å²) in [7, 11) is 0. The standard InChI is InChI=1S/C17H16F2N2O2/c1-17(23,14-6-5-13(18)9-15(14)19)11-21-16(22)7-4-12-3-2-8-20-10-12/h2-10,23H,11H2,1H3,(H,21,22)/b7-4+/t17-/m0/s1. The van der Waals surface area contributed by atoms with E-state index in [1.165, 1.54) is 13.0 Å². The van der Waals surface area contributed by atoms with Crippen LogP contribution < -0.4 is 5.32 Å². The lowest BCUT2D eigenvalue weighted by Crippen LogP contribution is -2.38. The minimum Gasteiger partial charge on any atom is -0.383 e. The Bertz CT molecular complexity index is 716. The molecule has 4 nitrogen and oxygen atoms in total. The SMILES string of the molecule is C[C@](O)(CNC(=O)/C=C/c1cccnc1)c1ccc(F)cc1F. The topological polar surface area (TPSA) is 62.2 Å². The van der Waals surface area contributed by atoms with Gasteiger partial charge in [-0.05, 0) is 30.7 Å². The third kappa shape index (κ3) is 4.69. The normalized spacial score (nSPS) is 13.7. The fraction of sp³-hybridized carbons (Fsp3) is 0.176. The van der Waals surface area contributed by atoms with Gasteiger partial charge in [-0.15, -0.1) is 0 Å². The van der Waals surface area contributed by atoms with Gasteiger partial charge in [-0.3, -0.25) is 9.78 Å². The van der Waals surface area contributed by atoms with Gasteiger partial charge in [0, 0.05) is 30.1 Å². The van der Waals surface area contributed by atoms with E-state index in [9.17, 15) is 18.7 Å². The van der Waals surface area contributed by atoms with Gasteiger partial charge in [-0.25, -0.2) is 8.78 Å². The van der Waals surface area contributed by atoms with Crippen LogP contribution in [0.4, 0.5) is 8.78 Å². The highest BCUT2D eigenvalue weighted by Gasteiger charge is 2.27. The van der Waals surface area contributed by atoms with E-state index in [2.05, 4.69) is 10.3 Å². The number of halogens is 2. The molecular weight excluding hydrogens is 302 g/mol. The van der Waals surface area contributed by atoms with Gasteiger partial charge in [0.15, 0.2) is 0 Å². The van der Waals surface area contributed by atoms with E-state index in [0.717, 1.165) is 17.7 Å². The van der Waals surface area contributed by atoms with Crippen molar-refractivity contribution < 1.29 is 18.7 Å². The Balaban J connectivity index is 1.98. The number of amides is 1. The first-order valence-electron chi connectivity index (χ1n) is 6.92. The summed E-state index contributed by atoms with van der Waals surface area (Å²) in [4.78, 5) is 15.7. The van der Waals surface area contributed by atoms with Crippen LogP contribution in [0.2, 0.25) is 0 Å². The number of benzene rings is 1. The van der Waals surface area contributed by atoms with Crippen LogP contribution in [0.15, 0.2) is 48.8 Å². The summed E-state index contributed by atoms with van der Waals surface area (Å²) in [5.41, 5.74) is -0.996. The lowest BCUT2D eigenvalue weighted by atomic mass is 9.95. The maximum absolute atomic E-state index is 13.7. The fourth-order valence-corrected chi connectivity index (χ4v) is 1.99. The molecule has 2 aromatic rings. The zero-order valence-corrected chi connectivity index (χ0v) is 12.5. The molecule has 0 saturated carbocycles. The quantitative estimate of drug-likeness (QED) is 0.832. The third-order valence-corrected chi connectivity index (χ3v) is 3.23. The van der Waals surface area contributed by atoms with Crippen LogP contribution in [0.25, 0.3) is 6.08 Å². The first-order chi connectivity index (χ1) is 10.9. The van der Waals surface area contributed by atoms with Gasteiger partial charge in [-0.1, -0.05) is 12.1 Å². The molecule has 0 aliphatic rings. The van der Waals surface area contributed by atoms with Crippen LogP contribution in [0.5, 0.6) is 0 Å². The number of carbonyl (C=O) groups is 1. The lowest BCUT2D eigenvalue weighted by Gasteiger charge is -2.24. The first-order valence-corrected chi connectivity index (χ1v) is 6.92.